The van der Waals surface area contributed by atoms with Crippen molar-refractivity contribution >= 4 is 11.5 Å². The second-order valence-corrected chi connectivity index (χ2v) is 3.21. The average molecular weight is 195 g/mol. The fraction of sp³-hybridized carbons (Fsp3) is 0. The lowest BCUT2D eigenvalue weighted by Gasteiger charge is -2.01. The molecule has 15 heavy (non-hydrogen) atoms. The fourth-order valence-corrected chi connectivity index (χ4v) is 1.41. The Morgan fingerprint density at radius 2 is 1.47 bits per heavy atom. The maximum atomic E-state index is 11.9. The van der Waals surface area contributed by atoms with Crippen LogP contribution >= 0.6 is 0 Å². The molecular weight excluding hydrogens is 186 g/mol. The SMILES string of the molecule is [N]c1ccccc1C(=O)c1ccccc1. The molecule has 0 atom stereocenters. The first-order valence-electron chi connectivity index (χ1n) is 4.67. The molecule has 2 heteroatoms. The van der Waals surface area contributed by atoms with Gasteiger partial charge >= 0.3 is 0 Å². The molecule has 0 heterocycles. The van der Waals surface area contributed by atoms with Gasteiger partial charge in [0.1, 0.15) is 0 Å². The van der Waals surface area contributed by atoms with Crippen molar-refractivity contribution < 1.29 is 4.79 Å². The number of carbonyl (C=O) groups is 1. The Morgan fingerprint density at radius 1 is 0.867 bits per heavy atom. The van der Waals surface area contributed by atoms with Gasteiger partial charge in [-0.05, 0) is 12.1 Å². The van der Waals surface area contributed by atoms with Gasteiger partial charge < -0.3 is 0 Å². The van der Waals surface area contributed by atoms with Crippen molar-refractivity contribution in [1.29, 1.82) is 0 Å². The molecular formula is C13H9NO. The van der Waals surface area contributed by atoms with E-state index >= 15 is 0 Å². The van der Waals surface area contributed by atoms with Gasteiger partial charge in [-0.15, -0.1) is 5.73 Å². The van der Waals surface area contributed by atoms with Crippen molar-refractivity contribution in [2.75, 3.05) is 0 Å². The van der Waals surface area contributed by atoms with Gasteiger partial charge in [0.25, 0.3) is 0 Å². The van der Waals surface area contributed by atoms with Crippen LogP contribution in [0.5, 0.6) is 0 Å². The van der Waals surface area contributed by atoms with Crippen molar-refractivity contribution in [3.05, 3.63) is 65.7 Å². The van der Waals surface area contributed by atoms with Gasteiger partial charge in [-0.3, -0.25) is 4.79 Å². The standard InChI is InChI=1S/C13H9NO/c14-12-9-5-4-8-11(12)13(15)10-6-2-1-3-7-10/h1-9H. The van der Waals surface area contributed by atoms with E-state index in [2.05, 4.69) is 0 Å². The molecule has 0 aliphatic carbocycles. The molecule has 0 unspecified atom stereocenters. The van der Waals surface area contributed by atoms with Gasteiger partial charge in [0, 0.05) is 5.56 Å². The van der Waals surface area contributed by atoms with E-state index in [-0.39, 0.29) is 11.5 Å². The van der Waals surface area contributed by atoms with Crippen LogP contribution in [-0.4, -0.2) is 5.78 Å². The summed E-state index contributed by atoms with van der Waals surface area (Å²) in [5.41, 5.74) is 10.5. The van der Waals surface area contributed by atoms with Gasteiger partial charge in [-0.25, -0.2) is 0 Å². The van der Waals surface area contributed by atoms with Gasteiger partial charge in [-0.2, -0.15) is 0 Å². The predicted octanol–water partition coefficient (Wildman–Crippen LogP) is 2.62. The number of nitrogens with zero attached hydrogens (tertiary/aromatic N) is 1. The molecule has 0 spiro atoms. The Balaban J connectivity index is 2.42. The van der Waals surface area contributed by atoms with Crippen LogP contribution in [0.2, 0.25) is 0 Å². The number of rotatable bonds is 2. The Hall–Kier alpha value is -2.09. The van der Waals surface area contributed by atoms with Crippen LogP contribution in [0.4, 0.5) is 5.69 Å². The Morgan fingerprint density at radius 3 is 2.13 bits per heavy atom. The molecule has 0 aliphatic rings. The quantitative estimate of drug-likeness (QED) is 0.679. The topological polar surface area (TPSA) is 39.4 Å². The highest BCUT2D eigenvalue weighted by molar-refractivity contribution is 6.11. The van der Waals surface area contributed by atoms with E-state index in [1.165, 1.54) is 6.07 Å². The lowest BCUT2D eigenvalue weighted by Crippen LogP contribution is -2.01. The van der Waals surface area contributed by atoms with Crippen LogP contribution in [-0.2, 0) is 0 Å². The number of hydrogen-bond donors (Lipinski definition) is 0. The van der Waals surface area contributed by atoms with Crippen LogP contribution in [0.25, 0.3) is 0 Å². The average Bonchev–Trinajstić information content (AvgIpc) is 2.30. The highest BCUT2D eigenvalue weighted by Gasteiger charge is 2.11. The van der Waals surface area contributed by atoms with E-state index < -0.39 is 0 Å². The zero-order chi connectivity index (χ0) is 10.7. The molecule has 0 saturated heterocycles. The molecule has 0 bridgehead atoms. The summed E-state index contributed by atoms with van der Waals surface area (Å²) in [6.45, 7) is 0. The summed E-state index contributed by atoms with van der Waals surface area (Å²) in [5.74, 6) is -0.159. The van der Waals surface area contributed by atoms with Gasteiger partial charge in [0.05, 0.1) is 11.3 Å². The number of carbonyl (C=O) groups excluding carboxylic acids is 1. The zero-order valence-electron chi connectivity index (χ0n) is 8.05. The maximum Gasteiger partial charge on any atom is 0.195 e. The Kier molecular flexibility index (Phi) is 2.50. The molecule has 0 fully saturated rings. The normalized spacial score (nSPS) is 9.87. The first kappa shape index (κ1) is 9.46. The lowest BCUT2D eigenvalue weighted by atomic mass is 10.0. The predicted molar refractivity (Wildman–Crippen MR) is 58.1 cm³/mol. The minimum absolute atomic E-state index is 0.0198. The van der Waals surface area contributed by atoms with E-state index in [4.69, 9.17) is 0 Å². The number of ketones is 1. The highest BCUT2D eigenvalue weighted by atomic mass is 16.1. The third kappa shape index (κ3) is 1.89. The van der Waals surface area contributed by atoms with Crippen LogP contribution in [0.3, 0.4) is 0 Å². The Labute approximate surface area is 88.4 Å². The molecule has 2 aromatic carbocycles. The first-order valence-corrected chi connectivity index (χ1v) is 4.67. The highest BCUT2D eigenvalue weighted by Crippen LogP contribution is 2.16. The smallest absolute Gasteiger partial charge is 0.195 e. The summed E-state index contributed by atoms with van der Waals surface area (Å²) in [6.07, 6.45) is 0. The molecule has 0 aliphatic heterocycles. The summed E-state index contributed by atoms with van der Waals surface area (Å²) in [6, 6.07) is 15.5. The van der Waals surface area contributed by atoms with Gasteiger partial charge in [-0.1, -0.05) is 42.5 Å². The van der Waals surface area contributed by atoms with Crippen molar-refractivity contribution in [1.82, 2.24) is 5.73 Å². The van der Waals surface area contributed by atoms with Gasteiger partial charge in [0.15, 0.2) is 5.78 Å². The van der Waals surface area contributed by atoms with E-state index in [0.29, 0.717) is 11.1 Å². The summed E-state index contributed by atoms with van der Waals surface area (Å²) in [4.78, 5) is 11.9. The largest absolute Gasteiger partial charge is 0.289 e. The van der Waals surface area contributed by atoms with Gasteiger partial charge in [0.2, 0.25) is 0 Å². The molecule has 0 aromatic heterocycles. The molecule has 2 radical (unpaired) electrons. The molecule has 2 nitrogen and oxygen atoms in total. The maximum absolute atomic E-state index is 11.9. The minimum atomic E-state index is -0.159. The lowest BCUT2D eigenvalue weighted by molar-refractivity contribution is 0.103. The van der Waals surface area contributed by atoms with E-state index in [0.717, 1.165) is 0 Å². The first-order chi connectivity index (χ1) is 7.29. The second kappa shape index (κ2) is 3.96. The summed E-state index contributed by atoms with van der Waals surface area (Å²) >= 11 is 0. The zero-order valence-corrected chi connectivity index (χ0v) is 8.05. The third-order valence-corrected chi connectivity index (χ3v) is 2.18. The van der Waals surface area contributed by atoms with Crippen molar-refractivity contribution in [2.24, 2.45) is 0 Å². The van der Waals surface area contributed by atoms with Crippen molar-refractivity contribution in [3.63, 3.8) is 0 Å². The molecule has 2 rings (SSSR count). The van der Waals surface area contributed by atoms with E-state index in [9.17, 15) is 10.5 Å². The van der Waals surface area contributed by atoms with E-state index in [1.54, 1.807) is 42.5 Å². The molecule has 0 saturated carbocycles. The van der Waals surface area contributed by atoms with Crippen LogP contribution < -0.4 is 5.73 Å². The third-order valence-electron chi connectivity index (χ3n) is 2.18. The van der Waals surface area contributed by atoms with E-state index in [1.807, 2.05) is 6.07 Å². The molecule has 0 N–H and O–H groups in total. The van der Waals surface area contributed by atoms with Crippen LogP contribution in [0, 0.1) is 0 Å². The fourth-order valence-electron chi connectivity index (χ4n) is 1.41. The summed E-state index contributed by atoms with van der Waals surface area (Å²) in [7, 11) is 0. The van der Waals surface area contributed by atoms with Crippen LogP contribution in [0.1, 0.15) is 15.9 Å². The number of benzene rings is 2. The molecule has 72 valence electrons. The van der Waals surface area contributed by atoms with Crippen molar-refractivity contribution in [2.45, 2.75) is 0 Å². The monoisotopic (exact) mass is 195 g/mol. The summed E-state index contributed by atoms with van der Waals surface area (Å²) < 4.78 is 0. The second-order valence-electron chi connectivity index (χ2n) is 3.21. The molecule has 0 amide bonds. The number of hydrogen-bond acceptors (Lipinski definition) is 1. The minimum Gasteiger partial charge on any atom is -0.289 e. The summed E-state index contributed by atoms with van der Waals surface area (Å²) in [5, 5.41) is 0. The van der Waals surface area contributed by atoms with Crippen molar-refractivity contribution in [3.8, 4) is 0 Å². The Bertz CT molecular complexity index is 477. The van der Waals surface area contributed by atoms with Crippen LogP contribution in [0.15, 0.2) is 54.6 Å². The molecule has 2 aromatic rings.